The maximum absolute atomic E-state index is 12.4. The molecule has 312 valence electrons. The normalized spacial score (nSPS) is 11.6. The molecule has 0 atom stereocenters. The van der Waals surface area contributed by atoms with Gasteiger partial charge in [0.1, 0.15) is 11.6 Å². The van der Waals surface area contributed by atoms with Gasteiger partial charge in [-0.1, -0.05) is 192 Å². The Morgan fingerprint density at radius 3 is 1.79 bits per heavy atom. The minimum Gasteiger partial charge on any atom is -0.507 e. The fraction of sp³-hybridized carbons (Fsp3) is 0.140. The molecular formula is C57H47N4OPt-. The first kappa shape index (κ1) is 42.8. The largest absolute Gasteiger partial charge is 0.507 e. The molecule has 9 rings (SSSR count). The number of para-hydroxylation sites is 2. The average molecular weight is 999 g/mol. The molecule has 0 saturated carbocycles. The summed E-state index contributed by atoms with van der Waals surface area (Å²) in [5, 5.41) is 22.8. The van der Waals surface area contributed by atoms with Crippen molar-refractivity contribution in [2.45, 2.75) is 52.4 Å². The van der Waals surface area contributed by atoms with Crippen molar-refractivity contribution >= 4 is 11.0 Å². The van der Waals surface area contributed by atoms with Crippen LogP contribution in [0.3, 0.4) is 0 Å². The topological polar surface area (TPSA) is 74.7 Å². The van der Waals surface area contributed by atoms with Crippen molar-refractivity contribution in [3.05, 3.63) is 193 Å². The molecule has 0 radical (unpaired) electrons. The Balaban J connectivity index is 0.00000544. The molecule has 0 unspecified atom stereocenters. The van der Waals surface area contributed by atoms with E-state index in [-0.39, 0.29) is 37.6 Å². The van der Waals surface area contributed by atoms with Gasteiger partial charge < -0.3 is 5.11 Å². The van der Waals surface area contributed by atoms with Crippen LogP contribution >= 0.6 is 0 Å². The van der Waals surface area contributed by atoms with Crippen LogP contribution in [0, 0.1) is 17.4 Å². The summed E-state index contributed by atoms with van der Waals surface area (Å²) in [6.45, 7) is 13.0. The monoisotopic (exact) mass is 998 g/mol. The van der Waals surface area contributed by atoms with E-state index < -0.39 is 0 Å². The quantitative estimate of drug-likeness (QED) is 0.161. The Kier molecular flexibility index (Phi) is 11.6. The summed E-state index contributed by atoms with van der Waals surface area (Å²) in [6.07, 6.45) is 1.79. The number of pyridine rings is 1. The number of benzene rings is 7. The van der Waals surface area contributed by atoms with Crippen molar-refractivity contribution in [1.29, 1.82) is 5.26 Å². The van der Waals surface area contributed by atoms with Gasteiger partial charge >= 0.3 is 0 Å². The number of aromatic hydroxyl groups is 1. The molecule has 0 spiro atoms. The zero-order valence-corrected chi connectivity index (χ0v) is 38.5. The third-order valence-corrected chi connectivity index (χ3v) is 11.6. The number of hydrogen-bond acceptors (Lipinski definition) is 4. The fourth-order valence-corrected chi connectivity index (χ4v) is 8.27. The van der Waals surface area contributed by atoms with Gasteiger partial charge in [0.05, 0.1) is 33.9 Å². The van der Waals surface area contributed by atoms with Crippen LogP contribution in [0.2, 0.25) is 0 Å². The molecule has 0 bridgehead atoms. The van der Waals surface area contributed by atoms with E-state index in [9.17, 15) is 10.4 Å². The van der Waals surface area contributed by atoms with Crippen LogP contribution in [0.25, 0.3) is 83.9 Å². The molecule has 0 aliphatic heterocycles. The zero-order valence-electron chi connectivity index (χ0n) is 36.2. The SMILES string of the molecule is CC(C)(C)c1cc(-c2nc3c(-c4[c-]c(-c5cc(C#N)c(-c6ccccc6)cn5)cc(-c5ccccc5)c4)cccc3n2-c2ccccc2-c2ccccc2)c(O)c(C(C)(C)C)c1.[Pt]. The van der Waals surface area contributed by atoms with Gasteiger partial charge in [-0.3, -0.25) is 9.55 Å². The third kappa shape index (κ3) is 8.28. The first-order valence-corrected chi connectivity index (χ1v) is 21.0. The van der Waals surface area contributed by atoms with Gasteiger partial charge in [-0.05, 0) is 51.3 Å². The molecular weight excluding hydrogens is 952 g/mol. The molecule has 0 amide bonds. The van der Waals surface area contributed by atoms with Crippen molar-refractivity contribution < 1.29 is 26.2 Å². The van der Waals surface area contributed by atoms with Gasteiger partial charge in [0.25, 0.3) is 0 Å². The molecule has 2 aromatic heterocycles. The van der Waals surface area contributed by atoms with Crippen molar-refractivity contribution in [1.82, 2.24) is 14.5 Å². The molecule has 0 aliphatic carbocycles. The minimum absolute atomic E-state index is 0. The molecule has 63 heavy (non-hydrogen) atoms. The van der Waals surface area contributed by atoms with E-state index in [4.69, 9.17) is 9.97 Å². The van der Waals surface area contributed by atoms with Crippen LogP contribution in [0.5, 0.6) is 5.75 Å². The van der Waals surface area contributed by atoms with E-state index in [1.807, 2.05) is 60.7 Å². The summed E-state index contributed by atoms with van der Waals surface area (Å²) in [5.41, 5.74) is 14.2. The predicted octanol–water partition coefficient (Wildman–Crippen LogP) is 14.4. The number of aromatic nitrogens is 3. The molecule has 5 nitrogen and oxygen atoms in total. The second kappa shape index (κ2) is 17.1. The summed E-state index contributed by atoms with van der Waals surface area (Å²) in [7, 11) is 0. The van der Waals surface area contributed by atoms with Crippen molar-refractivity contribution in [2.75, 3.05) is 0 Å². The molecule has 0 fully saturated rings. The number of rotatable bonds is 7. The van der Waals surface area contributed by atoms with Crippen molar-refractivity contribution in [3.63, 3.8) is 0 Å². The smallest absolute Gasteiger partial charge is 0.148 e. The molecule has 7 aromatic carbocycles. The van der Waals surface area contributed by atoms with E-state index in [1.54, 1.807) is 6.20 Å². The Bertz CT molecular complexity index is 3150. The maximum Gasteiger partial charge on any atom is 0.148 e. The van der Waals surface area contributed by atoms with Gasteiger partial charge in [-0.15, -0.1) is 23.8 Å². The summed E-state index contributed by atoms with van der Waals surface area (Å²) in [6, 6.07) is 61.8. The summed E-state index contributed by atoms with van der Waals surface area (Å²) in [5.74, 6) is 0.861. The number of hydrogen-bond donors (Lipinski definition) is 1. The van der Waals surface area contributed by atoms with E-state index in [0.29, 0.717) is 22.6 Å². The zero-order chi connectivity index (χ0) is 43.2. The number of phenols is 1. The molecule has 2 heterocycles. The van der Waals surface area contributed by atoms with Gasteiger partial charge in [-0.2, -0.15) is 5.26 Å². The van der Waals surface area contributed by atoms with Gasteiger partial charge in [0.2, 0.25) is 0 Å². The van der Waals surface area contributed by atoms with Crippen LogP contribution < -0.4 is 0 Å². The van der Waals surface area contributed by atoms with E-state index in [2.05, 4.69) is 161 Å². The summed E-state index contributed by atoms with van der Waals surface area (Å²) < 4.78 is 2.21. The van der Waals surface area contributed by atoms with Gasteiger partial charge in [0, 0.05) is 49.6 Å². The molecule has 0 aliphatic rings. The van der Waals surface area contributed by atoms with Crippen LogP contribution in [0.15, 0.2) is 170 Å². The van der Waals surface area contributed by atoms with Crippen LogP contribution in [0.4, 0.5) is 0 Å². The first-order valence-electron chi connectivity index (χ1n) is 21.0. The van der Waals surface area contributed by atoms with Gasteiger partial charge in [0.15, 0.2) is 0 Å². The summed E-state index contributed by atoms with van der Waals surface area (Å²) >= 11 is 0. The molecule has 6 heteroatoms. The number of fused-ring (bicyclic) bond motifs is 1. The number of imidazole rings is 1. The number of phenolic OH excluding ortho intramolecular Hbond substituents is 1. The Morgan fingerprint density at radius 1 is 0.571 bits per heavy atom. The fourth-order valence-electron chi connectivity index (χ4n) is 8.27. The maximum atomic E-state index is 12.4. The van der Waals surface area contributed by atoms with Crippen LogP contribution in [0.1, 0.15) is 58.2 Å². The first-order chi connectivity index (χ1) is 29.9. The molecule has 9 aromatic rings. The average Bonchev–Trinajstić information content (AvgIpc) is 3.68. The second-order valence-electron chi connectivity index (χ2n) is 17.9. The van der Waals surface area contributed by atoms with Gasteiger partial charge in [-0.25, -0.2) is 4.98 Å². The Morgan fingerprint density at radius 2 is 1.16 bits per heavy atom. The van der Waals surface area contributed by atoms with Crippen molar-refractivity contribution in [3.8, 4) is 84.7 Å². The Labute approximate surface area is 384 Å². The Hall–Kier alpha value is -6.86. The third-order valence-electron chi connectivity index (χ3n) is 11.6. The number of nitrogens with zero attached hydrogens (tertiary/aromatic N) is 4. The van der Waals surface area contributed by atoms with E-state index >= 15 is 0 Å². The van der Waals surface area contributed by atoms with Crippen molar-refractivity contribution in [2.24, 2.45) is 0 Å². The molecule has 0 saturated heterocycles. The predicted molar refractivity (Wildman–Crippen MR) is 254 cm³/mol. The van der Waals surface area contributed by atoms with Crippen LogP contribution in [-0.2, 0) is 31.9 Å². The van der Waals surface area contributed by atoms with E-state index in [1.165, 1.54) is 0 Å². The second-order valence-corrected chi connectivity index (χ2v) is 17.9. The summed E-state index contributed by atoms with van der Waals surface area (Å²) in [4.78, 5) is 10.5. The molecule has 1 N–H and O–H groups in total. The number of nitriles is 1. The minimum atomic E-state index is -0.341. The van der Waals surface area contributed by atoms with Crippen LogP contribution in [-0.4, -0.2) is 19.6 Å². The van der Waals surface area contributed by atoms with E-state index in [0.717, 1.165) is 77.9 Å². The standard InChI is InChI=1S/C57H47N4O.Pt/c1-56(2,3)44-33-47(54(62)49(34-44)57(4,5)6)55-60-53-46(26-18-28-52(53)61(55)51-27-17-16-25-45(51)38-21-12-8-13-22-38)41-29-40(37-19-10-7-11-20-37)30-42(31-41)50-32-43(35-58)48(36-59-50)39-23-14-9-15-24-39;/h7-30,32-34,36,62H,1-6H3;/q-1;.